The lowest BCUT2D eigenvalue weighted by Gasteiger charge is -2.35. The van der Waals surface area contributed by atoms with Crippen LogP contribution in [-0.2, 0) is 11.8 Å². The van der Waals surface area contributed by atoms with Crippen LogP contribution in [-0.4, -0.2) is 34.4 Å². The Kier molecular flexibility index (Phi) is 4.37. The average Bonchev–Trinajstić information content (AvgIpc) is 2.92. The number of nitrogens with zero attached hydrogens (tertiary/aromatic N) is 2. The summed E-state index contributed by atoms with van der Waals surface area (Å²) in [7, 11) is 1.75. The molecule has 0 spiro atoms. The third kappa shape index (κ3) is 2.83. The maximum Gasteiger partial charge on any atom is 0.271 e. The van der Waals surface area contributed by atoms with E-state index < -0.39 is 11.9 Å². The summed E-state index contributed by atoms with van der Waals surface area (Å²) in [6.07, 6.45) is 0. The Balaban J connectivity index is 1.80. The molecule has 1 fully saturated rings. The van der Waals surface area contributed by atoms with Crippen LogP contribution in [0.3, 0.4) is 0 Å². The molecule has 5 nitrogen and oxygen atoms in total. The Morgan fingerprint density at radius 2 is 1.79 bits per heavy atom. The monoisotopic (exact) mass is 383 g/mol. The molecule has 1 aliphatic heterocycles. The maximum absolute atomic E-state index is 13.7. The van der Waals surface area contributed by atoms with Crippen LogP contribution in [0.1, 0.15) is 27.7 Å². The van der Waals surface area contributed by atoms with Crippen LogP contribution in [0.25, 0.3) is 10.9 Å². The molecule has 2 amide bonds. The average molecular weight is 383 g/mol. The Hall–Kier alpha value is -3.22. The first-order valence-electron chi connectivity index (χ1n) is 8.97. The first-order chi connectivity index (χ1) is 13.4. The molecule has 28 heavy (non-hydrogen) atoms. The maximum atomic E-state index is 13.7. The van der Waals surface area contributed by atoms with Crippen molar-refractivity contribution in [3.63, 3.8) is 0 Å². The molecule has 2 aromatic carbocycles. The molecule has 2 heterocycles. The van der Waals surface area contributed by atoms with Gasteiger partial charge in [0.1, 0.15) is 23.4 Å². The van der Waals surface area contributed by atoms with E-state index in [0.717, 1.165) is 5.52 Å². The fourth-order valence-electron chi connectivity index (χ4n) is 3.90. The molecule has 1 N–H and O–H groups in total. The molecule has 1 aromatic heterocycles. The van der Waals surface area contributed by atoms with E-state index in [0.29, 0.717) is 35.3 Å². The van der Waals surface area contributed by atoms with Crippen LogP contribution in [0.4, 0.5) is 8.78 Å². The Bertz CT molecular complexity index is 1090. The SMILES string of the molecule is Cc1c(C(=O)N2CCNC(=O)[C@H]2c2ccc(F)cc2)n(C)c2ccc(F)cc12. The molecule has 0 unspecified atom stereocenters. The van der Waals surface area contributed by atoms with Gasteiger partial charge in [-0.3, -0.25) is 9.59 Å². The summed E-state index contributed by atoms with van der Waals surface area (Å²) in [6.45, 7) is 2.42. The van der Waals surface area contributed by atoms with Crippen molar-refractivity contribution in [1.82, 2.24) is 14.8 Å². The third-order valence-corrected chi connectivity index (χ3v) is 5.28. The van der Waals surface area contributed by atoms with Crippen LogP contribution in [0.5, 0.6) is 0 Å². The lowest BCUT2D eigenvalue weighted by molar-refractivity contribution is -0.128. The number of aromatic nitrogens is 1. The van der Waals surface area contributed by atoms with Crippen molar-refractivity contribution in [1.29, 1.82) is 0 Å². The van der Waals surface area contributed by atoms with E-state index in [2.05, 4.69) is 5.32 Å². The van der Waals surface area contributed by atoms with E-state index in [1.165, 1.54) is 41.3 Å². The minimum Gasteiger partial charge on any atom is -0.352 e. The molecule has 0 aliphatic carbocycles. The van der Waals surface area contributed by atoms with Crippen LogP contribution in [0.2, 0.25) is 0 Å². The van der Waals surface area contributed by atoms with E-state index in [4.69, 9.17) is 0 Å². The standard InChI is InChI=1S/C21H19F2N3O2/c1-12-16-11-15(23)7-8-17(16)25(2)18(12)21(28)26-10-9-24-20(27)19(26)13-3-5-14(22)6-4-13/h3-8,11,19H,9-10H2,1-2H3,(H,24,27)/t19-/m1/s1. The highest BCUT2D eigenvalue weighted by molar-refractivity contribution is 6.03. The van der Waals surface area contributed by atoms with E-state index in [1.807, 2.05) is 0 Å². The number of rotatable bonds is 2. The number of aryl methyl sites for hydroxylation is 2. The number of piperazine rings is 1. The smallest absolute Gasteiger partial charge is 0.271 e. The predicted molar refractivity (Wildman–Crippen MR) is 101 cm³/mol. The molecule has 0 radical (unpaired) electrons. The zero-order chi connectivity index (χ0) is 20.0. The molecule has 1 aliphatic rings. The van der Waals surface area contributed by atoms with Crippen LogP contribution < -0.4 is 5.32 Å². The summed E-state index contributed by atoms with van der Waals surface area (Å²) in [5.74, 6) is -1.42. The van der Waals surface area contributed by atoms with Gasteiger partial charge in [0.2, 0.25) is 5.91 Å². The predicted octanol–water partition coefficient (Wildman–Crippen LogP) is 3.08. The van der Waals surface area contributed by atoms with Gasteiger partial charge >= 0.3 is 0 Å². The zero-order valence-electron chi connectivity index (χ0n) is 15.5. The fourth-order valence-corrected chi connectivity index (χ4v) is 3.90. The molecular weight excluding hydrogens is 364 g/mol. The van der Waals surface area contributed by atoms with Crippen molar-refractivity contribution in [3.05, 3.63) is 70.9 Å². The molecule has 7 heteroatoms. The van der Waals surface area contributed by atoms with Gasteiger partial charge in [-0.05, 0) is 48.4 Å². The molecular formula is C21H19F2N3O2. The lowest BCUT2D eigenvalue weighted by Crippen LogP contribution is -2.52. The topological polar surface area (TPSA) is 54.3 Å². The number of nitrogens with one attached hydrogen (secondary N) is 1. The lowest BCUT2D eigenvalue weighted by atomic mass is 10.0. The van der Waals surface area contributed by atoms with Crippen LogP contribution in [0, 0.1) is 18.6 Å². The normalized spacial score (nSPS) is 17.1. The highest BCUT2D eigenvalue weighted by Crippen LogP contribution is 2.30. The summed E-state index contributed by atoms with van der Waals surface area (Å²) >= 11 is 0. The minimum atomic E-state index is -0.851. The number of carbonyl (C=O) groups is 2. The quantitative estimate of drug-likeness (QED) is 0.740. The number of amides is 2. The van der Waals surface area contributed by atoms with Gasteiger partial charge < -0.3 is 14.8 Å². The molecule has 144 valence electrons. The second kappa shape index (κ2) is 6.74. The van der Waals surface area contributed by atoms with Gasteiger partial charge in [-0.2, -0.15) is 0 Å². The summed E-state index contributed by atoms with van der Waals surface area (Å²) in [4.78, 5) is 27.5. The number of fused-ring (bicyclic) bond motifs is 1. The minimum absolute atomic E-state index is 0.311. The molecule has 4 rings (SSSR count). The Labute approximate surface area is 160 Å². The van der Waals surface area contributed by atoms with E-state index in [-0.39, 0.29) is 17.6 Å². The molecule has 0 bridgehead atoms. The summed E-state index contributed by atoms with van der Waals surface area (Å²) in [5, 5.41) is 3.42. The van der Waals surface area contributed by atoms with Crippen molar-refractivity contribution in [2.75, 3.05) is 13.1 Å². The largest absolute Gasteiger partial charge is 0.352 e. The highest BCUT2D eigenvalue weighted by Gasteiger charge is 2.36. The second-order valence-corrected chi connectivity index (χ2v) is 6.94. The van der Waals surface area contributed by atoms with Gasteiger partial charge in [0, 0.05) is 31.0 Å². The van der Waals surface area contributed by atoms with Gasteiger partial charge in [0.25, 0.3) is 5.91 Å². The molecule has 1 saturated heterocycles. The highest BCUT2D eigenvalue weighted by atomic mass is 19.1. The number of benzene rings is 2. The van der Waals surface area contributed by atoms with Gasteiger partial charge in [0.05, 0.1) is 0 Å². The summed E-state index contributed by atoms with van der Waals surface area (Å²) in [5.41, 5.74) is 2.34. The first-order valence-corrected chi connectivity index (χ1v) is 8.97. The van der Waals surface area contributed by atoms with Gasteiger partial charge in [-0.1, -0.05) is 12.1 Å². The fraction of sp³-hybridized carbons (Fsp3) is 0.238. The zero-order valence-corrected chi connectivity index (χ0v) is 15.5. The van der Waals surface area contributed by atoms with E-state index in [9.17, 15) is 18.4 Å². The van der Waals surface area contributed by atoms with Crippen molar-refractivity contribution in [2.45, 2.75) is 13.0 Å². The van der Waals surface area contributed by atoms with E-state index in [1.54, 1.807) is 24.6 Å². The van der Waals surface area contributed by atoms with Crippen molar-refractivity contribution in [2.24, 2.45) is 7.05 Å². The van der Waals surface area contributed by atoms with Crippen molar-refractivity contribution >= 4 is 22.7 Å². The second-order valence-electron chi connectivity index (χ2n) is 6.94. The van der Waals surface area contributed by atoms with Crippen LogP contribution in [0.15, 0.2) is 42.5 Å². The van der Waals surface area contributed by atoms with Gasteiger partial charge in [-0.25, -0.2) is 8.78 Å². The van der Waals surface area contributed by atoms with E-state index >= 15 is 0 Å². The number of hydrogen-bond acceptors (Lipinski definition) is 2. The molecule has 0 saturated carbocycles. The molecule has 1 atom stereocenters. The summed E-state index contributed by atoms with van der Waals surface area (Å²) in [6, 6.07) is 9.10. The van der Waals surface area contributed by atoms with Crippen molar-refractivity contribution in [3.8, 4) is 0 Å². The van der Waals surface area contributed by atoms with Gasteiger partial charge in [-0.15, -0.1) is 0 Å². The Morgan fingerprint density at radius 3 is 2.50 bits per heavy atom. The molecule has 3 aromatic rings. The number of hydrogen-bond donors (Lipinski definition) is 1. The van der Waals surface area contributed by atoms with Gasteiger partial charge in [0.15, 0.2) is 0 Å². The van der Waals surface area contributed by atoms with Crippen molar-refractivity contribution < 1.29 is 18.4 Å². The summed E-state index contributed by atoms with van der Waals surface area (Å²) < 4.78 is 28.7. The number of halogens is 2. The first kappa shape index (κ1) is 18.2. The third-order valence-electron chi connectivity index (χ3n) is 5.28. The van der Waals surface area contributed by atoms with Crippen LogP contribution >= 0.6 is 0 Å². The Morgan fingerprint density at radius 1 is 1.11 bits per heavy atom. The number of carbonyl (C=O) groups excluding carboxylic acids is 2.